The molecule has 2 heterocycles. The van der Waals surface area contributed by atoms with Crippen LogP contribution in [0.5, 0.6) is 0 Å². The van der Waals surface area contributed by atoms with Crippen LogP contribution in [-0.2, 0) is 11.8 Å². The van der Waals surface area contributed by atoms with Crippen LogP contribution in [0.1, 0.15) is 38.8 Å². The molecule has 1 atom stereocenters. The maximum absolute atomic E-state index is 4.51. The molecule has 1 unspecified atom stereocenters. The first-order valence-electron chi connectivity index (χ1n) is 6.69. The van der Waals surface area contributed by atoms with Crippen molar-refractivity contribution < 1.29 is 0 Å². The Kier molecular flexibility index (Phi) is 4.25. The number of nitrogens with zero attached hydrogens (tertiary/aromatic N) is 1. The highest BCUT2D eigenvalue weighted by Crippen LogP contribution is 2.22. The lowest BCUT2D eigenvalue weighted by molar-refractivity contribution is 0.587. The van der Waals surface area contributed by atoms with Crippen LogP contribution in [-0.4, -0.2) is 11.0 Å². The van der Waals surface area contributed by atoms with Crippen LogP contribution in [0.4, 0.5) is 5.82 Å². The van der Waals surface area contributed by atoms with Crippen molar-refractivity contribution in [2.45, 2.75) is 45.6 Å². The number of anilines is 1. The molecule has 2 nitrogen and oxygen atoms in total. The second-order valence-corrected chi connectivity index (χ2v) is 6.84. The van der Waals surface area contributed by atoms with E-state index < -0.39 is 0 Å². The number of aromatic nitrogens is 1. The van der Waals surface area contributed by atoms with E-state index in [-0.39, 0.29) is 5.41 Å². The molecule has 0 bridgehead atoms. The summed E-state index contributed by atoms with van der Waals surface area (Å²) in [5, 5.41) is 7.78. The van der Waals surface area contributed by atoms with Gasteiger partial charge in [-0.25, -0.2) is 4.98 Å². The largest absolute Gasteiger partial charge is 0.367 e. The Morgan fingerprint density at radius 3 is 2.58 bits per heavy atom. The molecule has 2 rings (SSSR count). The molecular formula is C16H22N2S. The van der Waals surface area contributed by atoms with Crippen molar-refractivity contribution in [3.05, 3.63) is 46.3 Å². The van der Waals surface area contributed by atoms with Crippen molar-refractivity contribution in [1.82, 2.24) is 4.98 Å². The van der Waals surface area contributed by atoms with Crippen molar-refractivity contribution >= 4 is 17.2 Å². The van der Waals surface area contributed by atoms with Crippen LogP contribution in [0.2, 0.25) is 0 Å². The number of pyridine rings is 1. The van der Waals surface area contributed by atoms with E-state index in [0.29, 0.717) is 6.04 Å². The molecule has 1 N–H and O–H groups in total. The van der Waals surface area contributed by atoms with Gasteiger partial charge in [-0.2, -0.15) is 11.3 Å². The van der Waals surface area contributed by atoms with Gasteiger partial charge in [-0.05, 0) is 52.8 Å². The van der Waals surface area contributed by atoms with Crippen LogP contribution in [0.15, 0.2) is 35.2 Å². The minimum Gasteiger partial charge on any atom is -0.367 e. The standard InChI is InChI=1S/C16H22N2S/c1-12(9-13-7-8-19-11-13)18-15-6-5-14(10-17-15)16(2,3)4/h5-8,10-12H,9H2,1-4H3,(H,17,18). The first-order chi connectivity index (χ1) is 8.95. The molecule has 0 saturated carbocycles. The molecule has 2 aromatic rings. The summed E-state index contributed by atoms with van der Waals surface area (Å²) >= 11 is 1.75. The van der Waals surface area contributed by atoms with Crippen molar-refractivity contribution in [3.8, 4) is 0 Å². The summed E-state index contributed by atoms with van der Waals surface area (Å²) < 4.78 is 0. The number of rotatable bonds is 4. The lowest BCUT2D eigenvalue weighted by atomic mass is 9.88. The van der Waals surface area contributed by atoms with E-state index in [4.69, 9.17) is 0 Å². The van der Waals surface area contributed by atoms with Gasteiger partial charge in [-0.3, -0.25) is 0 Å². The Bertz CT molecular complexity index is 495. The monoisotopic (exact) mass is 274 g/mol. The Morgan fingerprint density at radius 2 is 2.05 bits per heavy atom. The maximum Gasteiger partial charge on any atom is 0.126 e. The quantitative estimate of drug-likeness (QED) is 0.889. The van der Waals surface area contributed by atoms with Crippen LogP contribution in [0.25, 0.3) is 0 Å². The van der Waals surface area contributed by atoms with Crippen molar-refractivity contribution in [2.24, 2.45) is 0 Å². The smallest absolute Gasteiger partial charge is 0.126 e. The average molecular weight is 274 g/mol. The Hall–Kier alpha value is -1.35. The third-order valence-corrected chi connectivity index (χ3v) is 3.88. The molecule has 0 aromatic carbocycles. The van der Waals surface area contributed by atoms with Crippen LogP contribution >= 0.6 is 11.3 Å². The maximum atomic E-state index is 4.51. The van der Waals surface area contributed by atoms with Crippen LogP contribution < -0.4 is 5.32 Å². The Balaban J connectivity index is 1.96. The molecule has 0 aliphatic carbocycles. The summed E-state index contributed by atoms with van der Waals surface area (Å²) in [5.74, 6) is 0.954. The zero-order chi connectivity index (χ0) is 13.9. The zero-order valence-corrected chi connectivity index (χ0v) is 12.9. The highest BCUT2D eigenvalue weighted by molar-refractivity contribution is 7.07. The molecule has 0 aliphatic heterocycles. The molecule has 2 aromatic heterocycles. The second-order valence-electron chi connectivity index (χ2n) is 6.06. The normalized spacial score (nSPS) is 13.3. The topological polar surface area (TPSA) is 24.9 Å². The molecule has 102 valence electrons. The molecule has 3 heteroatoms. The van der Waals surface area contributed by atoms with E-state index in [1.54, 1.807) is 11.3 Å². The highest BCUT2D eigenvalue weighted by atomic mass is 32.1. The van der Waals surface area contributed by atoms with E-state index >= 15 is 0 Å². The lowest BCUT2D eigenvalue weighted by Crippen LogP contribution is -2.19. The third kappa shape index (κ3) is 4.06. The average Bonchev–Trinajstić information content (AvgIpc) is 2.81. The van der Waals surface area contributed by atoms with Crippen LogP contribution in [0.3, 0.4) is 0 Å². The second kappa shape index (κ2) is 5.74. The minimum atomic E-state index is 0.161. The van der Waals surface area contributed by atoms with E-state index in [9.17, 15) is 0 Å². The minimum absolute atomic E-state index is 0.161. The molecule has 0 saturated heterocycles. The number of thiophene rings is 1. The van der Waals surface area contributed by atoms with Gasteiger partial charge < -0.3 is 5.32 Å². The zero-order valence-electron chi connectivity index (χ0n) is 12.1. The van der Waals surface area contributed by atoms with E-state index in [1.165, 1.54) is 11.1 Å². The van der Waals surface area contributed by atoms with Gasteiger partial charge in [0, 0.05) is 12.2 Å². The van der Waals surface area contributed by atoms with Crippen molar-refractivity contribution in [3.63, 3.8) is 0 Å². The summed E-state index contributed by atoms with van der Waals surface area (Å²) in [5.41, 5.74) is 2.81. The lowest BCUT2D eigenvalue weighted by Gasteiger charge is -2.19. The predicted molar refractivity (Wildman–Crippen MR) is 84.0 cm³/mol. The van der Waals surface area contributed by atoms with Gasteiger partial charge >= 0.3 is 0 Å². The van der Waals surface area contributed by atoms with Crippen molar-refractivity contribution in [2.75, 3.05) is 5.32 Å². The Morgan fingerprint density at radius 1 is 1.26 bits per heavy atom. The SMILES string of the molecule is CC(Cc1ccsc1)Nc1ccc(C(C)(C)C)cn1. The molecule has 0 aliphatic rings. The van der Waals surface area contributed by atoms with Gasteiger partial charge in [0.25, 0.3) is 0 Å². The van der Waals surface area contributed by atoms with Gasteiger partial charge in [-0.1, -0.05) is 26.8 Å². The number of nitrogens with one attached hydrogen (secondary N) is 1. The molecule has 0 spiro atoms. The van der Waals surface area contributed by atoms with Gasteiger partial charge in [-0.15, -0.1) is 0 Å². The molecule has 19 heavy (non-hydrogen) atoms. The predicted octanol–water partition coefficient (Wildman–Crippen LogP) is 4.48. The summed E-state index contributed by atoms with van der Waals surface area (Å²) in [6.07, 6.45) is 3.01. The van der Waals surface area contributed by atoms with E-state index in [0.717, 1.165) is 12.2 Å². The summed E-state index contributed by atoms with van der Waals surface area (Å²) in [6.45, 7) is 8.81. The van der Waals surface area contributed by atoms with E-state index in [2.05, 4.69) is 67.0 Å². The first kappa shape index (κ1) is 14.1. The van der Waals surface area contributed by atoms with Crippen molar-refractivity contribution in [1.29, 1.82) is 0 Å². The molecule has 0 amide bonds. The third-order valence-electron chi connectivity index (χ3n) is 3.15. The summed E-state index contributed by atoms with van der Waals surface area (Å²) in [7, 11) is 0. The fourth-order valence-corrected chi connectivity index (χ4v) is 2.67. The molecular weight excluding hydrogens is 252 g/mol. The number of hydrogen-bond acceptors (Lipinski definition) is 3. The van der Waals surface area contributed by atoms with Gasteiger partial charge in [0.1, 0.15) is 5.82 Å². The highest BCUT2D eigenvalue weighted by Gasteiger charge is 2.14. The molecule has 0 fully saturated rings. The number of hydrogen-bond donors (Lipinski definition) is 1. The Labute approximate surface area is 119 Å². The van der Waals surface area contributed by atoms with Gasteiger partial charge in [0.2, 0.25) is 0 Å². The fraction of sp³-hybridized carbons (Fsp3) is 0.438. The van der Waals surface area contributed by atoms with E-state index in [1.807, 2.05) is 6.20 Å². The fourth-order valence-electron chi connectivity index (χ4n) is 1.99. The summed E-state index contributed by atoms with van der Waals surface area (Å²) in [6, 6.07) is 6.80. The van der Waals surface area contributed by atoms with Gasteiger partial charge in [0.15, 0.2) is 0 Å². The van der Waals surface area contributed by atoms with Gasteiger partial charge in [0.05, 0.1) is 0 Å². The summed E-state index contributed by atoms with van der Waals surface area (Å²) in [4.78, 5) is 4.51. The molecule has 0 radical (unpaired) electrons. The first-order valence-corrected chi connectivity index (χ1v) is 7.63. The van der Waals surface area contributed by atoms with Crippen LogP contribution in [0, 0.1) is 0 Å².